The zero-order valence-corrected chi connectivity index (χ0v) is 43.9. The number of H-pyrrole nitrogens is 1. The number of rotatable bonds is 30. The molecular weight excluding hydrogens is 1010 g/mol. The first-order chi connectivity index (χ1) is 36.5. The normalized spacial score (nSPS) is 14.7. The minimum Gasteiger partial charge on any atom is -0.391 e. The monoisotopic (exact) mass is 1080 g/mol. The number of aliphatic hydroxyl groups is 1. The minimum atomic E-state index is -1.67. The molecule has 0 aliphatic rings. The Labute approximate surface area is 452 Å². The largest absolute Gasteiger partial charge is 0.391 e. The first-order valence-corrected chi connectivity index (χ1v) is 26.2. The highest BCUT2D eigenvalue weighted by molar-refractivity contribution is 7.80. The Kier molecular flexibility index (Phi) is 23.8. The summed E-state index contributed by atoms with van der Waals surface area (Å²) >= 11 is 8.25. The second kappa shape index (κ2) is 30.3. The first-order valence-electron chi connectivity index (χ1n) is 25.0. The number of aromatic nitrogens is 1. The fourth-order valence-electron chi connectivity index (χ4n) is 8.25. The van der Waals surface area contributed by atoms with Crippen LogP contribution < -0.4 is 54.4 Å². The number of benzene rings is 4. The maximum Gasteiger partial charge on any atom is 0.245 e. The molecule has 0 saturated heterocycles. The number of carbonyl (C=O) groups excluding carboxylic acids is 8. The number of nitrogens with one attached hydrogen (secondary N) is 8. The molecule has 76 heavy (non-hydrogen) atoms. The summed E-state index contributed by atoms with van der Waals surface area (Å²) < 4.78 is 0. The van der Waals surface area contributed by atoms with E-state index in [4.69, 9.17) is 17.2 Å². The molecule has 0 radical (unpaired) electrons. The molecule has 0 aliphatic carbocycles. The number of aromatic amines is 1. The van der Waals surface area contributed by atoms with Crippen LogP contribution in [0.4, 0.5) is 0 Å². The first kappa shape index (κ1) is 59.6. The van der Waals surface area contributed by atoms with Crippen LogP contribution in [0.25, 0.3) is 10.9 Å². The third-order valence-corrected chi connectivity index (χ3v) is 13.3. The summed E-state index contributed by atoms with van der Waals surface area (Å²) in [7, 11) is 0. The number of para-hydroxylation sites is 1. The van der Waals surface area contributed by atoms with Crippen LogP contribution in [-0.2, 0) is 64.0 Å². The van der Waals surface area contributed by atoms with Crippen LogP contribution in [0.3, 0.4) is 0 Å². The number of nitrogens with two attached hydrogens (primary N) is 3. The van der Waals surface area contributed by atoms with E-state index in [9.17, 15) is 43.5 Å². The van der Waals surface area contributed by atoms with Crippen molar-refractivity contribution >= 4 is 83.4 Å². The lowest BCUT2D eigenvalue weighted by molar-refractivity contribution is -0.137. The maximum atomic E-state index is 14.8. The topological polar surface area (TPSA) is 335 Å². The molecule has 0 unspecified atom stereocenters. The summed E-state index contributed by atoms with van der Waals surface area (Å²) in [5.41, 5.74) is 20.7. The molecule has 1 heterocycles. The van der Waals surface area contributed by atoms with Crippen LogP contribution in [0.1, 0.15) is 48.4 Å². The average Bonchev–Trinajstić information content (AvgIpc) is 3.83. The lowest BCUT2D eigenvalue weighted by atomic mass is 10.00. The van der Waals surface area contributed by atoms with Gasteiger partial charge in [0.05, 0.1) is 12.1 Å². The van der Waals surface area contributed by atoms with Crippen LogP contribution in [0, 0.1) is 0 Å². The minimum absolute atomic E-state index is 0.00444. The molecule has 5 aromatic rings. The summed E-state index contributed by atoms with van der Waals surface area (Å²) in [5.74, 6) is -6.50. The van der Waals surface area contributed by atoms with Crippen LogP contribution in [0.2, 0.25) is 0 Å². The molecule has 0 bridgehead atoms. The van der Waals surface area contributed by atoms with Crippen LogP contribution in [0.5, 0.6) is 0 Å². The molecule has 406 valence electrons. The Morgan fingerprint density at radius 1 is 0.513 bits per heavy atom. The lowest BCUT2D eigenvalue weighted by Gasteiger charge is -2.29. The van der Waals surface area contributed by atoms with Crippen molar-refractivity contribution in [1.82, 2.24) is 42.2 Å². The predicted octanol–water partition coefficient (Wildman–Crippen LogP) is 0.0141. The van der Waals surface area contributed by atoms with Crippen molar-refractivity contribution in [3.63, 3.8) is 0 Å². The number of thiol groups is 2. The van der Waals surface area contributed by atoms with Crippen molar-refractivity contribution in [2.24, 2.45) is 17.2 Å². The third kappa shape index (κ3) is 18.3. The van der Waals surface area contributed by atoms with Gasteiger partial charge >= 0.3 is 0 Å². The SMILES string of the molecule is C[C@@H](O)[C@H](NC(=O)[C@H](CCCCN)NC(=O)[C@@H](Cc1c[nH]c2ccccc12)NC(=O)[C@H](Cc1ccccc1)NC(=O)[C@H](Cc1ccccc1)NC(=O)[C@H](N)CS)C(=O)N[C@@H](Cc1ccccc1)C(=O)N[C@@H](CS)C(N)=O. The maximum absolute atomic E-state index is 14.8. The van der Waals surface area contributed by atoms with E-state index in [0.29, 0.717) is 35.1 Å². The number of unbranched alkanes of at least 4 members (excludes halogenated alkanes) is 1. The second-order valence-corrected chi connectivity index (χ2v) is 19.1. The van der Waals surface area contributed by atoms with Gasteiger partial charge in [0.15, 0.2) is 0 Å². The van der Waals surface area contributed by atoms with Crippen molar-refractivity contribution in [3.8, 4) is 0 Å². The Hall–Kier alpha value is -7.24. The number of primary amides is 1. The van der Waals surface area contributed by atoms with Gasteiger partial charge in [-0.25, -0.2) is 0 Å². The van der Waals surface area contributed by atoms with E-state index in [1.165, 1.54) is 6.92 Å². The van der Waals surface area contributed by atoms with Gasteiger partial charge in [0.1, 0.15) is 42.3 Å². The van der Waals surface area contributed by atoms with Gasteiger partial charge in [0, 0.05) is 54.3 Å². The highest BCUT2D eigenvalue weighted by Gasteiger charge is 2.36. The smallest absolute Gasteiger partial charge is 0.245 e. The number of aliphatic hydroxyl groups excluding tert-OH is 1. The Balaban J connectivity index is 1.44. The van der Waals surface area contributed by atoms with Crippen LogP contribution >= 0.6 is 25.3 Å². The number of fused-ring (bicyclic) bond motifs is 1. The molecule has 0 fully saturated rings. The number of amides is 8. The number of hydrogen-bond donors (Lipinski definition) is 14. The standard InChI is InChI=1S/C54H69N11O9S2/c1-32(66)46(54(74)63-43(27-35-19-9-4-10-20-35)52(72)64-45(31-76)47(57)67)65-49(69)40(23-13-14-24-55)59-53(73)44(28-36-29-58-39-22-12-11-21-37(36)39)62-51(71)42(26-34-17-7-3-8-18-34)61-50(70)41(60-48(68)38(56)30-75)25-33-15-5-2-6-16-33/h2-12,15-22,29,32,38,40-46,58,66,75-76H,13-14,23-28,30-31,55-56H2,1H3,(H2,57,67)(H,59,73)(H,60,68)(H,61,70)(H,62,71)(H,63,74)(H,64,72)(H,65,69)/t32-,38-,40+,41+,42+,43+,44-,45+,46+/m1/s1. The fraction of sp³-hybridized carbons (Fsp3) is 0.370. The zero-order valence-electron chi connectivity index (χ0n) is 42.2. The Morgan fingerprint density at radius 3 is 1.37 bits per heavy atom. The van der Waals surface area contributed by atoms with Crippen molar-refractivity contribution in [1.29, 1.82) is 0 Å². The molecule has 9 atom stereocenters. The van der Waals surface area contributed by atoms with E-state index in [0.717, 1.165) is 10.9 Å². The second-order valence-electron chi connectivity index (χ2n) is 18.4. The van der Waals surface area contributed by atoms with E-state index in [-0.39, 0.29) is 50.2 Å². The highest BCUT2D eigenvalue weighted by Crippen LogP contribution is 2.20. The van der Waals surface area contributed by atoms with E-state index in [2.05, 4.69) is 67.5 Å². The molecule has 8 amide bonds. The summed E-state index contributed by atoms with van der Waals surface area (Å²) in [6, 6.07) is 23.4. The van der Waals surface area contributed by atoms with Gasteiger partial charge in [-0.1, -0.05) is 109 Å². The molecule has 1 aromatic heterocycles. The lowest BCUT2D eigenvalue weighted by Crippen LogP contribution is -2.62. The molecule has 0 aliphatic heterocycles. The van der Waals surface area contributed by atoms with E-state index in [1.54, 1.807) is 97.2 Å². The van der Waals surface area contributed by atoms with Gasteiger partial charge in [0.25, 0.3) is 0 Å². The van der Waals surface area contributed by atoms with Gasteiger partial charge < -0.3 is 64.5 Å². The van der Waals surface area contributed by atoms with Gasteiger partial charge in [-0.15, -0.1) is 0 Å². The Morgan fingerprint density at radius 2 is 0.921 bits per heavy atom. The summed E-state index contributed by atoms with van der Waals surface area (Å²) in [4.78, 5) is 114. The van der Waals surface area contributed by atoms with Gasteiger partial charge in [-0.2, -0.15) is 25.3 Å². The molecule has 0 spiro atoms. The predicted molar refractivity (Wildman–Crippen MR) is 295 cm³/mol. The van der Waals surface area contributed by atoms with Crippen molar-refractivity contribution in [3.05, 3.63) is 144 Å². The number of carbonyl (C=O) groups is 8. The third-order valence-electron chi connectivity index (χ3n) is 12.5. The quantitative estimate of drug-likeness (QED) is 0.0215. The van der Waals surface area contributed by atoms with Gasteiger partial charge in [-0.05, 0) is 61.1 Å². The zero-order chi connectivity index (χ0) is 55.1. The molecular formula is C54H69N11O9S2. The molecule has 22 heteroatoms. The molecule has 0 saturated carbocycles. The molecule has 15 N–H and O–H groups in total. The Bertz CT molecular complexity index is 2720. The molecule has 20 nitrogen and oxygen atoms in total. The van der Waals surface area contributed by atoms with E-state index < -0.39 is 102 Å². The van der Waals surface area contributed by atoms with Crippen LogP contribution in [0.15, 0.2) is 121 Å². The number of hydrogen-bond acceptors (Lipinski definition) is 13. The van der Waals surface area contributed by atoms with Crippen molar-refractivity contribution < 1.29 is 43.5 Å². The van der Waals surface area contributed by atoms with Gasteiger partial charge in [0.2, 0.25) is 47.3 Å². The highest BCUT2D eigenvalue weighted by atomic mass is 32.1. The van der Waals surface area contributed by atoms with Crippen LogP contribution in [-0.4, -0.2) is 130 Å². The van der Waals surface area contributed by atoms with E-state index in [1.807, 2.05) is 24.3 Å². The van der Waals surface area contributed by atoms with Crippen molar-refractivity contribution in [2.45, 2.75) is 106 Å². The molecule has 4 aromatic carbocycles. The summed E-state index contributed by atoms with van der Waals surface area (Å²) in [6.45, 7) is 1.51. The van der Waals surface area contributed by atoms with Gasteiger partial charge in [-0.3, -0.25) is 38.4 Å². The molecule has 5 rings (SSSR count). The average molecular weight is 1080 g/mol. The summed E-state index contributed by atoms with van der Waals surface area (Å²) in [5, 5.41) is 30.5. The van der Waals surface area contributed by atoms with E-state index >= 15 is 0 Å². The fourth-order valence-corrected chi connectivity index (χ4v) is 8.68. The van der Waals surface area contributed by atoms with Crippen molar-refractivity contribution in [2.75, 3.05) is 18.1 Å². The summed E-state index contributed by atoms with van der Waals surface area (Å²) in [6.07, 6.45) is 0.791.